The maximum absolute atomic E-state index is 11.3. The Labute approximate surface area is 82.9 Å². The Morgan fingerprint density at radius 2 is 2.21 bits per heavy atom. The van der Waals surface area contributed by atoms with E-state index in [0.29, 0.717) is 5.82 Å². The van der Waals surface area contributed by atoms with Gasteiger partial charge in [-0.15, -0.1) is 0 Å². The first-order valence-corrected chi connectivity index (χ1v) is 5.82. The van der Waals surface area contributed by atoms with Gasteiger partial charge in [-0.3, -0.25) is 4.72 Å². The van der Waals surface area contributed by atoms with Gasteiger partial charge in [0.2, 0.25) is 10.0 Å². The Balaban J connectivity index is 2.60. The molecule has 0 spiro atoms. The van der Waals surface area contributed by atoms with Crippen LogP contribution >= 0.6 is 0 Å². The van der Waals surface area contributed by atoms with Crippen molar-refractivity contribution in [1.29, 1.82) is 0 Å². The first kappa shape index (κ1) is 10.9. The number of pyridine rings is 1. The fourth-order valence-corrected chi connectivity index (χ4v) is 1.94. The van der Waals surface area contributed by atoms with Crippen LogP contribution in [0.4, 0.5) is 5.82 Å². The third kappa shape index (κ3) is 3.71. The smallest absolute Gasteiger partial charge is 0.233 e. The number of aliphatic hydroxyl groups excluding tert-OH is 1. The molecule has 0 radical (unpaired) electrons. The van der Waals surface area contributed by atoms with Crippen LogP contribution in [0.5, 0.6) is 0 Å². The van der Waals surface area contributed by atoms with Gasteiger partial charge >= 0.3 is 0 Å². The molecule has 0 saturated heterocycles. The quantitative estimate of drug-likeness (QED) is 0.737. The molecule has 0 aromatic carbocycles. The van der Waals surface area contributed by atoms with Gasteiger partial charge in [-0.1, -0.05) is 6.07 Å². The molecule has 0 bridgehead atoms. The number of aliphatic hydroxyl groups is 1. The van der Waals surface area contributed by atoms with Crippen molar-refractivity contribution in [2.45, 2.75) is 6.42 Å². The molecule has 0 aliphatic heterocycles. The summed E-state index contributed by atoms with van der Waals surface area (Å²) in [6.07, 6.45) is 1.73. The van der Waals surface area contributed by atoms with Gasteiger partial charge in [-0.25, -0.2) is 13.4 Å². The number of nitrogens with one attached hydrogen (secondary N) is 1. The summed E-state index contributed by atoms with van der Waals surface area (Å²) in [5.41, 5.74) is 0. The van der Waals surface area contributed by atoms with Gasteiger partial charge in [0.1, 0.15) is 5.82 Å². The predicted octanol–water partition coefficient (Wildman–Crippen LogP) is 0.206. The lowest BCUT2D eigenvalue weighted by molar-refractivity contribution is 0.295. The van der Waals surface area contributed by atoms with Crippen molar-refractivity contribution in [2.75, 3.05) is 17.1 Å². The third-order valence-electron chi connectivity index (χ3n) is 1.50. The highest BCUT2D eigenvalue weighted by molar-refractivity contribution is 7.92. The first-order chi connectivity index (χ1) is 6.64. The fourth-order valence-electron chi connectivity index (χ4n) is 0.888. The number of anilines is 1. The van der Waals surface area contributed by atoms with Crippen molar-refractivity contribution in [3.8, 4) is 0 Å². The first-order valence-electron chi connectivity index (χ1n) is 4.16. The molecule has 14 heavy (non-hydrogen) atoms. The predicted molar refractivity (Wildman–Crippen MR) is 53.3 cm³/mol. The van der Waals surface area contributed by atoms with Crippen LogP contribution in [-0.2, 0) is 10.0 Å². The maximum atomic E-state index is 11.3. The lowest BCUT2D eigenvalue weighted by atomic mass is 10.5. The lowest BCUT2D eigenvalue weighted by Crippen LogP contribution is -2.18. The zero-order valence-corrected chi connectivity index (χ0v) is 8.37. The van der Waals surface area contributed by atoms with E-state index in [4.69, 9.17) is 5.11 Å². The zero-order chi connectivity index (χ0) is 10.4. The van der Waals surface area contributed by atoms with Crippen molar-refractivity contribution in [1.82, 2.24) is 4.98 Å². The highest BCUT2D eigenvalue weighted by Crippen LogP contribution is 2.04. The SMILES string of the molecule is O=S(=O)(CCCO)Nc1ccccn1. The molecule has 0 aliphatic carbocycles. The van der Waals surface area contributed by atoms with Crippen molar-refractivity contribution in [2.24, 2.45) is 0 Å². The summed E-state index contributed by atoms with van der Waals surface area (Å²) in [5, 5.41) is 8.49. The summed E-state index contributed by atoms with van der Waals surface area (Å²) in [6, 6.07) is 4.96. The van der Waals surface area contributed by atoms with E-state index in [0.717, 1.165) is 0 Å². The average Bonchev–Trinajstić information content (AvgIpc) is 2.16. The van der Waals surface area contributed by atoms with E-state index in [-0.39, 0.29) is 18.8 Å². The number of aromatic nitrogens is 1. The van der Waals surface area contributed by atoms with Crippen LogP contribution in [0.1, 0.15) is 6.42 Å². The fraction of sp³-hybridized carbons (Fsp3) is 0.375. The van der Waals surface area contributed by atoms with Gasteiger partial charge in [-0.05, 0) is 18.6 Å². The van der Waals surface area contributed by atoms with E-state index in [1.807, 2.05) is 0 Å². The molecule has 0 fully saturated rings. The molecule has 0 atom stereocenters. The molecule has 2 N–H and O–H groups in total. The molecule has 1 rings (SSSR count). The molecule has 78 valence electrons. The van der Waals surface area contributed by atoms with Gasteiger partial charge in [0, 0.05) is 12.8 Å². The highest BCUT2D eigenvalue weighted by Gasteiger charge is 2.09. The monoisotopic (exact) mass is 216 g/mol. The molecular weight excluding hydrogens is 204 g/mol. The summed E-state index contributed by atoms with van der Waals surface area (Å²) in [6.45, 7) is -0.136. The van der Waals surface area contributed by atoms with E-state index >= 15 is 0 Å². The molecule has 6 heteroatoms. The Kier molecular flexibility index (Phi) is 3.84. The number of rotatable bonds is 5. The van der Waals surface area contributed by atoms with E-state index in [1.54, 1.807) is 18.2 Å². The maximum Gasteiger partial charge on any atom is 0.233 e. The number of hydrogen-bond acceptors (Lipinski definition) is 4. The van der Waals surface area contributed by atoms with Gasteiger partial charge < -0.3 is 5.11 Å². The molecule has 5 nitrogen and oxygen atoms in total. The lowest BCUT2D eigenvalue weighted by Gasteiger charge is -2.05. The number of sulfonamides is 1. The number of hydrogen-bond donors (Lipinski definition) is 2. The average molecular weight is 216 g/mol. The Morgan fingerprint density at radius 1 is 1.43 bits per heavy atom. The topological polar surface area (TPSA) is 79.3 Å². The van der Waals surface area contributed by atoms with Crippen LogP contribution in [0.15, 0.2) is 24.4 Å². The molecule has 0 saturated carbocycles. The minimum atomic E-state index is -3.37. The van der Waals surface area contributed by atoms with Crippen molar-refractivity contribution in [3.63, 3.8) is 0 Å². The van der Waals surface area contributed by atoms with E-state index < -0.39 is 10.0 Å². The Morgan fingerprint density at radius 3 is 2.79 bits per heavy atom. The second kappa shape index (κ2) is 4.92. The standard InChI is InChI=1S/C8H12N2O3S/c11-6-3-7-14(12,13)10-8-4-1-2-5-9-8/h1-2,4-5,11H,3,6-7H2,(H,9,10). The van der Waals surface area contributed by atoms with Gasteiger partial charge in [0.15, 0.2) is 0 Å². The molecule has 1 aromatic heterocycles. The Bertz CT molecular complexity index is 363. The number of nitrogens with zero attached hydrogens (tertiary/aromatic N) is 1. The second-order valence-electron chi connectivity index (χ2n) is 2.71. The third-order valence-corrected chi connectivity index (χ3v) is 2.84. The summed E-state index contributed by atoms with van der Waals surface area (Å²) in [5.74, 6) is 0.200. The van der Waals surface area contributed by atoms with Gasteiger partial charge in [-0.2, -0.15) is 0 Å². The largest absolute Gasteiger partial charge is 0.396 e. The molecule has 1 aromatic rings. The van der Waals surface area contributed by atoms with Crippen LogP contribution in [0.3, 0.4) is 0 Å². The highest BCUT2D eigenvalue weighted by atomic mass is 32.2. The zero-order valence-electron chi connectivity index (χ0n) is 7.55. The van der Waals surface area contributed by atoms with Gasteiger partial charge in [0.25, 0.3) is 0 Å². The van der Waals surface area contributed by atoms with Crippen molar-refractivity contribution in [3.05, 3.63) is 24.4 Å². The minimum Gasteiger partial charge on any atom is -0.396 e. The Hall–Kier alpha value is -1.14. The van der Waals surface area contributed by atoms with Crippen LogP contribution in [0.25, 0.3) is 0 Å². The van der Waals surface area contributed by atoms with E-state index in [2.05, 4.69) is 9.71 Å². The van der Waals surface area contributed by atoms with Crippen LogP contribution in [0.2, 0.25) is 0 Å². The van der Waals surface area contributed by atoms with Crippen LogP contribution < -0.4 is 4.72 Å². The molecular formula is C8H12N2O3S. The van der Waals surface area contributed by atoms with Crippen LogP contribution in [-0.4, -0.2) is 30.9 Å². The molecule has 0 amide bonds. The van der Waals surface area contributed by atoms with Crippen molar-refractivity contribution < 1.29 is 13.5 Å². The summed E-state index contributed by atoms with van der Waals surface area (Å²) >= 11 is 0. The molecule has 0 unspecified atom stereocenters. The summed E-state index contributed by atoms with van der Waals surface area (Å²) in [4.78, 5) is 3.82. The van der Waals surface area contributed by atoms with E-state index in [1.165, 1.54) is 6.20 Å². The van der Waals surface area contributed by atoms with Crippen molar-refractivity contribution >= 4 is 15.8 Å². The minimum absolute atomic E-state index is 0.0971. The van der Waals surface area contributed by atoms with E-state index in [9.17, 15) is 8.42 Å². The normalized spacial score (nSPS) is 11.2. The van der Waals surface area contributed by atoms with Gasteiger partial charge in [0.05, 0.1) is 5.75 Å². The van der Waals surface area contributed by atoms with Crippen LogP contribution in [0, 0.1) is 0 Å². The molecule has 1 heterocycles. The summed E-state index contributed by atoms with van der Waals surface area (Å²) < 4.78 is 24.9. The second-order valence-corrected chi connectivity index (χ2v) is 4.55. The summed E-state index contributed by atoms with van der Waals surface area (Å²) in [7, 11) is -3.37. The molecule has 0 aliphatic rings.